The van der Waals surface area contributed by atoms with E-state index in [1.807, 2.05) is 16.2 Å². The number of hydrogen-bond acceptors (Lipinski definition) is 2. The Morgan fingerprint density at radius 2 is 1.85 bits per heavy atom. The number of halogens is 1. The Balaban J connectivity index is 2.53. The summed E-state index contributed by atoms with van der Waals surface area (Å²) in [6.07, 6.45) is 2.08. The average Bonchev–Trinajstić information content (AvgIpc) is 2.47. The summed E-state index contributed by atoms with van der Waals surface area (Å²) in [6.45, 7) is 2.33. The molecule has 3 heteroatoms. The molecule has 0 heterocycles. The van der Waals surface area contributed by atoms with Gasteiger partial charge in [-0.25, -0.2) is 0 Å². The highest BCUT2D eigenvalue weighted by molar-refractivity contribution is 14.1. The van der Waals surface area contributed by atoms with Gasteiger partial charge in [0.15, 0.2) is 6.79 Å². The van der Waals surface area contributed by atoms with Crippen molar-refractivity contribution < 1.29 is 9.47 Å². The number of methoxy groups -OCH3 is 1. The zero-order valence-electron chi connectivity index (χ0n) is 11.6. The fourth-order valence-corrected chi connectivity index (χ4v) is 2.41. The molecule has 0 saturated carbocycles. The quantitative estimate of drug-likeness (QED) is 0.534. The lowest BCUT2D eigenvalue weighted by Crippen LogP contribution is -2.01. The number of aryl methyl sites for hydroxylation is 1. The van der Waals surface area contributed by atoms with Gasteiger partial charge >= 0.3 is 0 Å². The molecule has 0 radical (unpaired) electrons. The van der Waals surface area contributed by atoms with Gasteiger partial charge in [-0.15, -0.1) is 0 Å². The number of hydrogen-bond donors (Lipinski definition) is 0. The van der Waals surface area contributed by atoms with Crippen molar-refractivity contribution in [3.63, 3.8) is 0 Å². The normalized spacial score (nSPS) is 10.9. The minimum absolute atomic E-state index is 0.246. The summed E-state index contributed by atoms with van der Waals surface area (Å²) in [6, 6.07) is 14.5. The first-order valence-corrected chi connectivity index (χ1v) is 7.59. The molecule has 0 unspecified atom stereocenters. The zero-order valence-corrected chi connectivity index (χ0v) is 13.8. The molecular formula is C17H17IO2. The van der Waals surface area contributed by atoms with E-state index >= 15 is 0 Å². The van der Waals surface area contributed by atoms with Crippen molar-refractivity contribution in [2.45, 2.75) is 6.92 Å². The Kier molecular flexibility index (Phi) is 5.61. The van der Waals surface area contributed by atoms with Crippen molar-refractivity contribution in [3.8, 4) is 16.9 Å². The second kappa shape index (κ2) is 7.45. The van der Waals surface area contributed by atoms with E-state index < -0.39 is 0 Å². The van der Waals surface area contributed by atoms with Crippen molar-refractivity contribution in [1.29, 1.82) is 0 Å². The molecule has 2 nitrogen and oxygen atoms in total. The fraction of sp³-hybridized carbons (Fsp3) is 0.176. The Hall–Kier alpha value is -1.33. The van der Waals surface area contributed by atoms with Gasteiger partial charge in [-0.05, 0) is 34.3 Å². The van der Waals surface area contributed by atoms with Crippen molar-refractivity contribution in [3.05, 3.63) is 57.7 Å². The van der Waals surface area contributed by atoms with Gasteiger partial charge in [-0.2, -0.15) is 0 Å². The molecule has 0 aliphatic rings. The van der Waals surface area contributed by atoms with Crippen LogP contribution in [0.3, 0.4) is 0 Å². The number of rotatable bonds is 5. The van der Waals surface area contributed by atoms with Crippen LogP contribution in [0.5, 0.6) is 5.75 Å². The largest absolute Gasteiger partial charge is 0.467 e. The first-order valence-electron chi connectivity index (χ1n) is 6.35. The molecule has 2 rings (SSSR count). The minimum Gasteiger partial charge on any atom is -0.467 e. The van der Waals surface area contributed by atoms with E-state index in [2.05, 4.69) is 65.9 Å². The third kappa shape index (κ3) is 3.61. The topological polar surface area (TPSA) is 18.5 Å². The van der Waals surface area contributed by atoms with Crippen LogP contribution >= 0.6 is 22.6 Å². The van der Waals surface area contributed by atoms with Gasteiger partial charge in [0.2, 0.25) is 0 Å². The molecule has 0 bridgehead atoms. The average molecular weight is 380 g/mol. The first kappa shape index (κ1) is 15.1. The van der Waals surface area contributed by atoms with E-state index in [-0.39, 0.29) is 6.79 Å². The summed E-state index contributed by atoms with van der Waals surface area (Å²) >= 11 is 2.23. The molecule has 0 aliphatic carbocycles. The molecule has 0 atom stereocenters. The van der Waals surface area contributed by atoms with Crippen LogP contribution < -0.4 is 4.74 Å². The third-order valence-electron chi connectivity index (χ3n) is 2.97. The first-order chi connectivity index (χ1) is 9.76. The maximum absolute atomic E-state index is 5.70. The van der Waals surface area contributed by atoms with E-state index in [0.717, 1.165) is 22.4 Å². The van der Waals surface area contributed by atoms with Crippen LogP contribution in [-0.4, -0.2) is 13.9 Å². The lowest BCUT2D eigenvalue weighted by atomic mass is 9.98. The van der Waals surface area contributed by atoms with E-state index in [9.17, 15) is 0 Å². The predicted molar refractivity (Wildman–Crippen MR) is 92.2 cm³/mol. The van der Waals surface area contributed by atoms with Crippen LogP contribution in [0.25, 0.3) is 17.2 Å². The van der Waals surface area contributed by atoms with Crippen LogP contribution in [0.1, 0.15) is 11.1 Å². The number of ether oxygens (including phenoxy) is 2. The summed E-state index contributed by atoms with van der Waals surface area (Å²) in [5.41, 5.74) is 4.62. The van der Waals surface area contributed by atoms with E-state index in [0.29, 0.717) is 0 Å². The molecule has 2 aromatic rings. The molecule has 20 heavy (non-hydrogen) atoms. The minimum atomic E-state index is 0.246. The lowest BCUT2D eigenvalue weighted by molar-refractivity contribution is 0.0515. The van der Waals surface area contributed by atoms with Gasteiger partial charge in [0.1, 0.15) is 5.75 Å². The SMILES string of the molecule is COCOc1cccc(C=CI)c1-c1ccc(C)cc1. The highest BCUT2D eigenvalue weighted by atomic mass is 127. The third-order valence-corrected chi connectivity index (χ3v) is 3.33. The maximum atomic E-state index is 5.70. The van der Waals surface area contributed by atoms with Crippen molar-refractivity contribution in [1.82, 2.24) is 0 Å². The molecule has 2 aromatic carbocycles. The second-order valence-corrected chi connectivity index (χ2v) is 5.15. The molecular weight excluding hydrogens is 363 g/mol. The Morgan fingerprint density at radius 1 is 1.10 bits per heavy atom. The monoisotopic (exact) mass is 380 g/mol. The van der Waals surface area contributed by atoms with Gasteiger partial charge in [-0.3, -0.25) is 0 Å². The smallest absolute Gasteiger partial charge is 0.188 e. The van der Waals surface area contributed by atoms with Crippen LogP contribution in [0, 0.1) is 6.92 Å². The molecule has 0 aromatic heterocycles. The summed E-state index contributed by atoms with van der Waals surface area (Å²) in [7, 11) is 1.63. The number of benzene rings is 2. The molecule has 0 fully saturated rings. The molecule has 104 valence electrons. The predicted octanol–water partition coefficient (Wildman–Crippen LogP) is 5.05. The highest BCUT2D eigenvalue weighted by Crippen LogP contribution is 2.34. The summed E-state index contributed by atoms with van der Waals surface area (Å²) in [5, 5.41) is 0. The fourth-order valence-electron chi connectivity index (χ4n) is 2.03. The molecule has 0 saturated heterocycles. The Bertz CT molecular complexity index is 588. The Morgan fingerprint density at radius 3 is 2.50 bits per heavy atom. The maximum Gasteiger partial charge on any atom is 0.188 e. The lowest BCUT2D eigenvalue weighted by Gasteiger charge is -2.14. The highest BCUT2D eigenvalue weighted by Gasteiger charge is 2.10. The molecule has 0 N–H and O–H groups in total. The van der Waals surface area contributed by atoms with Gasteiger partial charge in [0.25, 0.3) is 0 Å². The van der Waals surface area contributed by atoms with Crippen LogP contribution in [0.2, 0.25) is 0 Å². The Labute approximate surface area is 133 Å². The van der Waals surface area contributed by atoms with Gasteiger partial charge < -0.3 is 9.47 Å². The molecule has 0 amide bonds. The van der Waals surface area contributed by atoms with Gasteiger partial charge in [-0.1, -0.05) is 64.6 Å². The summed E-state index contributed by atoms with van der Waals surface area (Å²) in [5.74, 6) is 0.836. The standard InChI is InChI=1S/C17H17IO2/c1-13-6-8-15(9-7-13)17-14(10-11-18)4-3-5-16(17)20-12-19-2/h3-11H,12H2,1-2H3. The van der Waals surface area contributed by atoms with Crippen LogP contribution in [-0.2, 0) is 4.74 Å². The molecule has 0 aliphatic heterocycles. The van der Waals surface area contributed by atoms with Crippen molar-refractivity contribution in [2.75, 3.05) is 13.9 Å². The van der Waals surface area contributed by atoms with Crippen LogP contribution in [0.15, 0.2) is 46.5 Å². The van der Waals surface area contributed by atoms with Crippen LogP contribution in [0.4, 0.5) is 0 Å². The van der Waals surface area contributed by atoms with Crippen molar-refractivity contribution in [2.24, 2.45) is 0 Å². The zero-order chi connectivity index (χ0) is 14.4. The van der Waals surface area contributed by atoms with E-state index in [1.165, 1.54) is 5.56 Å². The summed E-state index contributed by atoms with van der Waals surface area (Å²) < 4.78 is 12.7. The molecule has 0 spiro atoms. The van der Waals surface area contributed by atoms with Crippen molar-refractivity contribution >= 4 is 28.7 Å². The second-order valence-electron chi connectivity index (χ2n) is 4.43. The van der Waals surface area contributed by atoms with E-state index in [1.54, 1.807) is 7.11 Å². The van der Waals surface area contributed by atoms with E-state index in [4.69, 9.17) is 9.47 Å². The van der Waals surface area contributed by atoms with Gasteiger partial charge in [0.05, 0.1) is 0 Å². The summed E-state index contributed by atoms with van der Waals surface area (Å²) in [4.78, 5) is 0. The van der Waals surface area contributed by atoms with Gasteiger partial charge in [0, 0.05) is 12.7 Å².